The number of nitrogens with zero attached hydrogens (tertiary/aromatic N) is 1. The van der Waals surface area contributed by atoms with Gasteiger partial charge in [0, 0.05) is 0 Å². The van der Waals surface area contributed by atoms with Crippen molar-refractivity contribution < 1.29 is 19.1 Å². The highest BCUT2D eigenvalue weighted by molar-refractivity contribution is 5.95. The van der Waals surface area contributed by atoms with Gasteiger partial charge in [0.15, 0.2) is 6.61 Å². The Morgan fingerprint density at radius 1 is 1.04 bits per heavy atom. The summed E-state index contributed by atoms with van der Waals surface area (Å²) in [6.07, 6.45) is 0. The maximum atomic E-state index is 12.2. The summed E-state index contributed by atoms with van der Waals surface area (Å²) in [5.74, 6) is -0.251. The molecule has 0 radical (unpaired) electrons. The van der Waals surface area contributed by atoms with Crippen LogP contribution >= 0.6 is 0 Å². The molecule has 2 aromatic carbocycles. The fourth-order valence-corrected chi connectivity index (χ4v) is 2.25. The van der Waals surface area contributed by atoms with Gasteiger partial charge < -0.3 is 20.1 Å². The monoisotopic (exact) mass is 381 g/mol. The third-order valence-electron chi connectivity index (χ3n) is 3.40. The number of carbonyl (C=O) groups is 2. The van der Waals surface area contributed by atoms with Gasteiger partial charge in [-0.15, -0.1) is 0 Å². The standard InChI is InChI=1S/C21H23N3O4/c1-21(2,3)28-20(26)13-23-17-6-4-5-7-18(17)24-19(25)14-27-16-10-8-15(12-22)9-11-16/h4-11,23H,13-14H2,1-3H3,(H,24,25). The number of rotatable bonds is 7. The van der Waals surface area contributed by atoms with Crippen LogP contribution in [0.25, 0.3) is 0 Å². The second-order valence-corrected chi connectivity index (χ2v) is 6.96. The van der Waals surface area contributed by atoms with Crippen molar-refractivity contribution in [3.63, 3.8) is 0 Å². The van der Waals surface area contributed by atoms with Gasteiger partial charge in [0.05, 0.1) is 23.0 Å². The molecule has 2 N–H and O–H groups in total. The van der Waals surface area contributed by atoms with Gasteiger partial charge in [-0.1, -0.05) is 12.1 Å². The molecule has 0 aliphatic heterocycles. The number of nitriles is 1. The van der Waals surface area contributed by atoms with Crippen molar-refractivity contribution in [2.24, 2.45) is 0 Å². The Bertz CT molecular complexity index is 864. The first-order chi connectivity index (χ1) is 13.3. The number of nitrogens with one attached hydrogen (secondary N) is 2. The molecular weight excluding hydrogens is 358 g/mol. The molecule has 0 unspecified atom stereocenters. The fourth-order valence-electron chi connectivity index (χ4n) is 2.25. The second-order valence-electron chi connectivity index (χ2n) is 6.96. The number of carbonyl (C=O) groups excluding carboxylic acids is 2. The average molecular weight is 381 g/mol. The Morgan fingerprint density at radius 3 is 2.29 bits per heavy atom. The molecule has 1 amide bonds. The number of benzene rings is 2. The van der Waals surface area contributed by atoms with Gasteiger partial charge in [-0.3, -0.25) is 9.59 Å². The summed E-state index contributed by atoms with van der Waals surface area (Å²) < 4.78 is 10.7. The van der Waals surface area contributed by atoms with E-state index in [4.69, 9.17) is 14.7 Å². The molecule has 0 aliphatic rings. The van der Waals surface area contributed by atoms with Crippen LogP contribution in [0.3, 0.4) is 0 Å². The molecule has 0 aliphatic carbocycles. The summed E-state index contributed by atoms with van der Waals surface area (Å²) in [7, 11) is 0. The molecule has 0 fully saturated rings. The largest absolute Gasteiger partial charge is 0.484 e. The van der Waals surface area contributed by atoms with Crippen LogP contribution < -0.4 is 15.4 Å². The zero-order chi connectivity index (χ0) is 20.6. The third kappa shape index (κ3) is 7.00. The second kappa shape index (κ2) is 9.42. The molecule has 0 spiro atoms. The maximum Gasteiger partial charge on any atom is 0.325 e. The molecule has 2 rings (SSSR count). The van der Waals surface area contributed by atoms with Gasteiger partial charge in [-0.2, -0.15) is 5.26 Å². The van der Waals surface area contributed by atoms with Gasteiger partial charge in [0.2, 0.25) is 0 Å². The molecule has 2 aromatic rings. The lowest BCUT2D eigenvalue weighted by atomic mass is 10.2. The van der Waals surface area contributed by atoms with Gasteiger partial charge in [0.25, 0.3) is 5.91 Å². The van der Waals surface area contributed by atoms with Crippen molar-refractivity contribution in [2.75, 3.05) is 23.8 Å². The van der Waals surface area contributed by atoms with E-state index in [1.807, 2.05) is 6.07 Å². The summed E-state index contributed by atoms with van der Waals surface area (Å²) in [6.45, 7) is 5.19. The van der Waals surface area contributed by atoms with Crippen molar-refractivity contribution in [3.05, 3.63) is 54.1 Å². The van der Waals surface area contributed by atoms with Gasteiger partial charge >= 0.3 is 5.97 Å². The van der Waals surface area contributed by atoms with E-state index < -0.39 is 11.6 Å². The smallest absolute Gasteiger partial charge is 0.325 e. The lowest BCUT2D eigenvalue weighted by Crippen LogP contribution is -2.28. The minimum Gasteiger partial charge on any atom is -0.484 e. The zero-order valence-corrected chi connectivity index (χ0v) is 16.1. The Balaban J connectivity index is 1.90. The summed E-state index contributed by atoms with van der Waals surface area (Å²) in [5.41, 5.74) is 1.08. The molecule has 7 nitrogen and oxygen atoms in total. The minimum atomic E-state index is -0.560. The van der Waals surface area contributed by atoms with Crippen LogP contribution in [0.1, 0.15) is 26.3 Å². The minimum absolute atomic E-state index is 0.0219. The Hall–Kier alpha value is -3.53. The van der Waals surface area contributed by atoms with E-state index in [1.165, 1.54) is 0 Å². The predicted molar refractivity (Wildman–Crippen MR) is 106 cm³/mol. The Morgan fingerprint density at radius 2 is 1.68 bits per heavy atom. The fraction of sp³-hybridized carbons (Fsp3) is 0.286. The highest BCUT2D eigenvalue weighted by Gasteiger charge is 2.16. The van der Waals surface area contributed by atoms with Crippen LogP contribution in [0.2, 0.25) is 0 Å². The lowest BCUT2D eigenvalue weighted by molar-refractivity contribution is -0.152. The van der Waals surface area contributed by atoms with Crippen molar-refractivity contribution in [2.45, 2.75) is 26.4 Å². The topological polar surface area (TPSA) is 100 Å². The highest BCUT2D eigenvalue weighted by atomic mass is 16.6. The molecule has 0 heterocycles. The van der Waals surface area contributed by atoms with E-state index >= 15 is 0 Å². The number of ether oxygens (including phenoxy) is 2. The number of para-hydroxylation sites is 2. The van der Waals surface area contributed by atoms with Crippen molar-refractivity contribution in [1.29, 1.82) is 5.26 Å². The van der Waals surface area contributed by atoms with E-state index in [0.29, 0.717) is 22.7 Å². The first-order valence-electron chi connectivity index (χ1n) is 8.74. The zero-order valence-electron chi connectivity index (χ0n) is 16.1. The van der Waals surface area contributed by atoms with E-state index in [9.17, 15) is 9.59 Å². The van der Waals surface area contributed by atoms with Crippen LogP contribution in [0.4, 0.5) is 11.4 Å². The lowest BCUT2D eigenvalue weighted by Gasteiger charge is -2.20. The third-order valence-corrected chi connectivity index (χ3v) is 3.40. The van der Waals surface area contributed by atoms with Crippen molar-refractivity contribution in [3.8, 4) is 11.8 Å². The number of esters is 1. The van der Waals surface area contributed by atoms with Crippen LogP contribution in [0.15, 0.2) is 48.5 Å². The molecule has 0 aromatic heterocycles. The highest BCUT2D eigenvalue weighted by Crippen LogP contribution is 2.21. The van der Waals surface area contributed by atoms with Crippen LogP contribution in [0, 0.1) is 11.3 Å². The normalized spacial score (nSPS) is 10.5. The van der Waals surface area contributed by atoms with Crippen LogP contribution in [-0.4, -0.2) is 30.6 Å². The first-order valence-corrected chi connectivity index (χ1v) is 8.74. The molecule has 0 atom stereocenters. The van der Waals surface area contributed by atoms with E-state index in [1.54, 1.807) is 69.3 Å². The van der Waals surface area contributed by atoms with Gasteiger partial charge in [-0.25, -0.2) is 0 Å². The Labute approximate surface area is 164 Å². The van der Waals surface area contributed by atoms with E-state index in [0.717, 1.165) is 0 Å². The average Bonchev–Trinajstić information content (AvgIpc) is 2.65. The van der Waals surface area contributed by atoms with E-state index in [-0.39, 0.29) is 19.1 Å². The number of amides is 1. The SMILES string of the molecule is CC(C)(C)OC(=O)CNc1ccccc1NC(=O)COc1ccc(C#N)cc1. The van der Waals surface area contributed by atoms with Crippen molar-refractivity contribution >= 4 is 23.3 Å². The first kappa shape index (κ1) is 20.8. The molecule has 28 heavy (non-hydrogen) atoms. The molecule has 0 saturated carbocycles. The predicted octanol–water partition coefficient (Wildman–Crippen LogP) is 3.33. The Kier molecular flexibility index (Phi) is 6.99. The van der Waals surface area contributed by atoms with Gasteiger partial charge in [-0.05, 0) is 57.2 Å². The van der Waals surface area contributed by atoms with Gasteiger partial charge in [0.1, 0.15) is 17.9 Å². The number of anilines is 2. The van der Waals surface area contributed by atoms with E-state index in [2.05, 4.69) is 10.6 Å². The summed E-state index contributed by atoms with van der Waals surface area (Å²) in [4.78, 5) is 24.0. The number of hydrogen-bond acceptors (Lipinski definition) is 6. The molecule has 7 heteroatoms. The molecular formula is C21H23N3O4. The molecule has 146 valence electrons. The molecule has 0 bridgehead atoms. The summed E-state index contributed by atoms with van der Waals surface area (Å²) in [5, 5.41) is 14.5. The summed E-state index contributed by atoms with van der Waals surface area (Å²) in [6, 6.07) is 15.5. The van der Waals surface area contributed by atoms with Crippen LogP contribution in [-0.2, 0) is 14.3 Å². The summed E-state index contributed by atoms with van der Waals surface area (Å²) >= 11 is 0. The molecule has 0 saturated heterocycles. The maximum absolute atomic E-state index is 12.2. The quantitative estimate of drug-likeness (QED) is 0.714. The van der Waals surface area contributed by atoms with Crippen molar-refractivity contribution in [1.82, 2.24) is 0 Å². The number of hydrogen-bond donors (Lipinski definition) is 2. The van der Waals surface area contributed by atoms with Crippen LogP contribution in [0.5, 0.6) is 5.75 Å².